The average Bonchev–Trinajstić information content (AvgIpc) is 3.11. The van der Waals surface area contributed by atoms with Crippen molar-refractivity contribution in [1.82, 2.24) is 9.38 Å². The fraction of sp³-hybridized carbons (Fsp3) is 0.167. The highest BCUT2D eigenvalue weighted by molar-refractivity contribution is 7.19. The highest BCUT2D eigenvalue weighted by atomic mass is 32.1. The number of nitrogens with one attached hydrogen (secondary N) is 2. The molecule has 2 N–H and O–H groups in total. The Bertz CT molecular complexity index is 1440. The fourth-order valence-corrected chi connectivity index (χ4v) is 4.49. The van der Waals surface area contributed by atoms with E-state index in [4.69, 9.17) is 0 Å². The number of nitrogens with zero attached hydrogens (tertiary/aromatic N) is 2. The SMILES string of the molecule is Cc1cccc(NC(=O)c2c(C(=O)Nc3cccc(C)c3C)sc3nc(C)cc(=O)n23)c1. The Balaban J connectivity index is 1.82. The van der Waals surface area contributed by atoms with Gasteiger partial charge >= 0.3 is 0 Å². The van der Waals surface area contributed by atoms with Crippen LogP contribution in [0.5, 0.6) is 0 Å². The van der Waals surface area contributed by atoms with Crippen molar-refractivity contribution >= 4 is 39.5 Å². The second-order valence-corrected chi connectivity index (χ2v) is 8.64. The van der Waals surface area contributed by atoms with E-state index in [2.05, 4.69) is 15.6 Å². The maximum absolute atomic E-state index is 13.3. The Labute approximate surface area is 188 Å². The lowest BCUT2D eigenvalue weighted by atomic mass is 10.1. The molecule has 0 saturated heterocycles. The molecule has 162 valence electrons. The quantitative estimate of drug-likeness (QED) is 0.483. The lowest BCUT2D eigenvalue weighted by molar-refractivity contribution is 0.0989. The normalized spacial score (nSPS) is 10.9. The third kappa shape index (κ3) is 4.04. The molecule has 4 rings (SSSR count). The molecule has 2 heterocycles. The van der Waals surface area contributed by atoms with Gasteiger partial charge in [0.15, 0.2) is 4.96 Å². The number of rotatable bonds is 4. The van der Waals surface area contributed by atoms with Crippen molar-refractivity contribution < 1.29 is 9.59 Å². The van der Waals surface area contributed by atoms with Gasteiger partial charge in [-0.2, -0.15) is 0 Å². The average molecular weight is 447 g/mol. The van der Waals surface area contributed by atoms with Crippen LogP contribution in [0.1, 0.15) is 42.5 Å². The summed E-state index contributed by atoms with van der Waals surface area (Å²) in [5.41, 5.74) is 4.22. The molecule has 2 amide bonds. The first-order chi connectivity index (χ1) is 15.2. The maximum atomic E-state index is 13.3. The monoisotopic (exact) mass is 446 g/mol. The van der Waals surface area contributed by atoms with Crippen LogP contribution >= 0.6 is 11.3 Å². The highest BCUT2D eigenvalue weighted by Crippen LogP contribution is 2.25. The summed E-state index contributed by atoms with van der Waals surface area (Å²) in [5, 5.41) is 5.68. The number of thiazole rings is 1. The van der Waals surface area contributed by atoms with Crippen molar-refractivity contribution in [1.29, 1.82) is 0 Å². The molecular formula is C24H22N4O3S. The minimum Gasteiger partial charge on any atom is -0.321 e. The number of aryl methyl sites for hydroxylation is 3. The summed E-state index contributed by atoms with van der Waals surface area (Å²) in [6.07, 6.45) is 0. The van der Waals surface area contributed by atoms with Crippen LogP contribution in [0.15, 0.2) is 53.3 Å². The summed E-state index contributed by atoms with van der Waals surface area (Å²) in [6.45, 7) is 7.48. The van der Waals surface area contributed by atoms with Crippen LogP contribution in [0.4, 0.5) is 11.4 Å². The number of hydrogen-bond donors (Lipinski definition) is 2. The van der Waals surface area contributed by atoms with E-state index in [9.17, 15) is 14.4 Å². The van der Waals surface area contributed by atoms with Gasteiger partial charge in [-0.1, -0.05) is 35.6 Å². The van der Waals surface area contributed by atoms with E-state index in [0.717, 1.165) is 28.0 Å². The van der Waals surface area contributed by atoms with Crippen molar-refractivity contribution in [3.63, 3.8) is 0 Å². The molecule has 0 aliphatic heterocycles. The number of anilines is 2. The predicted octanol–water partition coefficient (Wildman–Crippen LogP) is 4.49. The van der Waals surface area contributed by atoms with Gasteiger partial charge in [-0.25, -0.2) is 9.38 Å². The first kappa shape index (κ1) is 21.5. The fourth-order valence-electron chi connectivity index (χ4n) is 3.42. The first-order valence-electron chi connectivity index (χ1n) is 10.0. The van der Waals surface area contributed by atoms with Gasteiger partial charge < -0.3 is 10.6 Å². The van der Waals surface area contributed by atoms with E-state index in [1.807, 2.05) is 51.1 Å². The van der Waals surface area contributed by atoms with Crippen LogP contribution in [0.2, 0.25) is 0 Å². The third-order valence-electron chi connectivity index (χ3n) is 5.20. The van der Waals surface area contributed by atoms with E-state index in [1.54, 1.807) is 19.1 Å². The largest absolute Gasteiger partial charge is 0.321 e. The summed E-state index contributed by atoms with van der Waals surface area (Å²) >= 11 is 1.01. The van der Waals surface area contributed by atoms with Gasteiger partial charge in [0.2, 0.25) is 0 Å². The molecule has 8 heteroatoms. The minimum atomic E-state index is -0.555. The van der Waals surface area contributed by atoms with Gasteiger partial charge in [0.1, 0.15) is 10.6 Å². The molecule has 0 bridgehead atoms. The van der Waals surface area contributed by atoms with Crippen molar-refractivity contribution in [3.8, 4) is 0 Å². The van der Waals surface area contributed by atoms with E-state index in [-0.39, 0.29) is 15.5 Å². The zero-order valence-corrected chi connectivity index (χ0v) is 19.0. The topological polar surface area (TPSA) is 92.6 Å². The molecule has 0 saturated carbocycles. The Morgan fingerprint density at radius 2 is 1.69 bits per heavy atom. The van der Waals surface area contributed by atoms with Crippen molar-refractivity contribution in [2.45, 2.75) is 27.7 Å². The third-order valence-corrected chi connectivity index (χ3v) is 6.24. The lowest BCUT2D eigenvalue weighted by Crippen LogP contribution is -2.25. The molecule has 32 heavy (non-hydrogen) atoms. The van der Waals surface area contributed by atoms with Crippen molar-refractivity contribution in [2.24, 2.45) is 0 Å². The molecule has 4 aromatic rings. The smallest absolute Gasteiger partial charge is 0.274 e. The molecule has 7 nitrogen and oxygen atoms in total. The van der Waals surface area contributed by atoms with E-state index in [0.29, 0.717) is 17.1 Å². The number of fused-ring (bicyclic) bond motifs is 1. The molecule has 0 spiro atoms. The summed E-state index contributed by atoms with van der Waals surface area (Å²) < 4.78 is 1.20. The minimum absolute atomic E-state index is 0.0354. The van der Waals surface area contributed by atoms with Crippen LogP contribution in [-0.2, 0) is 0 Å². The molecule has 2 aromatic carbocycles. The molecular weight excluding hydrogens is 424 g/mol. The van der Waals surface area contributed by atoms with Crippen LogP contribution in [0, 0.1) is 27.7 Å². The van der Waals surface area contributed by atoms with Crippen LogP contribution < -0.4 is 16.2 Å². The van der Waals surface area contributed by atoms with Gasteiger partial charge in [-0.15, -0.1) is 0 Å². The van der Waals surface area contributed by atoms with E-state index in [1.165, 1.54) is 10.5 Å². The van der Waals surface area contributed by atoms with Gasteiger partial charge in [-0.3, -0.25) is 14.4 Å². The second kappa shape index (κ2) is 8.39. The zero-order chi connectivity index (χ0) is 23.0. The molecule has 0 aliphatic carbocycles. The highest BCUT2D eigenvalue weighted by Gasteiger charge is 2.26. The van der Waals surface area contributed by atoms with Crippen LogP contribution in [0.25, 0.3) is 4.96 Å². The lowest BCUT2D eigenvalue weighted by Gasteiger charge is -2.11. The Hall–Kier alpha value is -3.78. The van der Waals surface area contributed by atoms with Crippen LogP contribution in [-0.4, -0.2) is 21.2 Å². The maximum Gasteiger partial charge on any atom is 0.274 e. The Kier molecular flexibility index (Phi) is 5.63. The van der Waals surface area contributed by atoms with E-state index >= 15 is 0 Å². The summed E-state index contributed by atoms with van der Waals surface area (Å²) in [7, 11) is 0. The summed E-state index contributed by atoms with van der Waals surface area (Å²) in [6, 6.07) is 14.2. The summed E-state index contributed by atoms with van der Waals surface area (Å²) in [5.74, 6) is -1.03. The number of hydrogen-bond acceptors (Lipinski definition) is 5. The van der Waals surface area contributed by atoms with Crippen molar-refractivity contribution in [3.05, 3.63) is 91.8 Å². The van der Waals surface area contributed by atoms with Gasteiger partial charge in [0.05, 0.1) is 0 Å². The predicted molar refractivity (Wildman–Crippen MR) is 127 cm³/mol. The number of aromatic nitrogens is 2. The standard InChI is InChI=1S/C24H22N4O3S/c1-13-7-5-9-17(11-13)26-22(30)20-21(32-24-25-15(3)12-19(29)28(20)24)23(31)27-18-10-6-8-14(2)16(18)4/h5-12H,1-4H3,(H,26,30)(H,27,31). The van der Waals surface area contributed by atoms with Gasteiger partial charge in [0.25, 0.3) is 17.4 Å². The molecule has 2 aromatic heterocycles. The number of benzene rings is 2. The Morgan fingerprint density at radius 3 is 2.44 bits per heavy atom. The molecule has 0 unspecified atom stereocenters. The van der Waals surface area contributed by atoms with E-state index < -0.39 is 17.4 Å². The van der Waals surface area contributed by atoms with Gasteiger partial charge in [-0.05, 0) is 62.6 Å². The molecule has 0 radical (unpaired) electrons. The first-order valence-corrected chi connectivity index (χ1v) is 10.8. The number of carbonyl (C=O) groups excluding carboxylic acids is 2. The molecule has 0 fully saturated rings. The number of amides is 2. The van der Waals surface area contributed by atoms with Crippen molar-refractivity contribution in [2.75, 3.05) is 10.6 Å². The zero-order valence-electron chi connectivity index (χ0n) is 18.1. The van der Waals surface area contributed by atoms with Gasteiger partial charge in [0, 0.05) is 23.1 Å². The second-order valence-electron chi connectivity index (χ2n) is 7.66. The number of carbonyl (C=O) groups is 2. The molecule has 0 aliphatic rings. The molecule has 0 atom stereocenters. The summed E-state index contributed by atoms with van der Waals surface area (Å²) in [4.78, 5) is 44.0. The van der Waals surface area contributed by atoms with Crippen LogP contribution in [0.3, 0.4) is 0 Å². The Morgan fingerprint density at radius 1 is 0.938 bits per heavy atom.